The minimum Gasteiger partial charge on any atom is -0.350 e. The second kappa shape index (κ2) is 6.34. The van der Waals surface area contributed by atoms with Crippen molar-refractivity contribution in [3.63, 3.8) is 0 Å². The Morgan fingerprint density at radius 3 is 2.29 bits per heavy atom. The maximum absolute atomic E-state index is 12.1. The third kappa shape index (κ3) is 4.99. The summed E-state index contributed by atoms with van der Waals surface area (Å²) in [6.45, 7) is 7.55. The molecule has 0 aromatic heterocycles. The molecule has 0 radical (unpaired) electrons. The largest absolute Gasteiger partial charge is 0.350 e. The van der Waals surface area contributed by atoms with Crippen molar-refractivity contribution in [2.75, 3.05) is 0 Å². The fourth-order valence-corrected chi connectivity index (χ4v) is 3.45. The Kier molecular flexibility index (Phi) is 4.91. The molecule has 21 heavy (non-hydrogen) atoms. The van der Waals surface area contributed by atoms with Gasteiger partial charge < -0.3 is 16.0 Å². The Labute approximate surface area is 127 Å². The number of piperidine rings is 1. The van der Waals surface area contributed by atoms with E-state index in [0.29, 0.717) is 24.4 Å². The molecule has 5 heteroatoms. The van der Waals surface area contributed by atoms with Crippen LogP contribution in [0.2, 0.25) is 0 Å². The third-order valence-electron chi connectivity index (χ3n) is 4.31. The zero-order chi connectivity index (χ0) is 15.6. The molecule has 2 amide bonds. The molecule has 0 aromatic rings. The summed E-state index contributed by atoms with van der Waals surface area (Å²) in [7, 11) is 0. The van der Waals surface area contributed by atoms with Crippen LogP contribution in [-0.4, -0.2) is 35.5 Å². The van der Waals surface area contributed by atoms with Gasteiger partial charge in [0, 0.05) is 24.0 Å². The first-order chi connectivity index (χ1) is 9.73. The van der Waals surface area contributed by atoms with Gasteiger partial charge in [-0.15, -0.1) is 0 Å². The van der Waals surface area contributed by atoms with E-state index in [-0.39, 0.29) is 17.4 Å². The highest BCUT2D eigenvalue weighted by Gasteiger charge is 2.34. The lowest BCUT2D eigenvalue weighted by Gasteiger charge is -2.29. The Hall–Kier alpha value is -1.10. The lowest BCUT2D eigenvalue weighted by atomic mass is 9.89. The third-order valence-corrected chi connectivity index (χ3v) is 4.31. The number of amides is 2. The van der Waals surface area contributed by atoms with Crippen LogP contribution < -0.4 is 16.0 Å². The van der Waals surface area contributed by atoms with Crippen LogP contribution in [0.15, 0.2) is 0 Å². The predicted octanol–water partition coefficient (Wildman–Crippen LogP) is 1.33. The molecule has 0 saturated carbocycles. The predicted molar refractivity (Wildman–Crippen MR) is 82.8 cm³/mol. The number of nitrogens with one attached hydrogen (secondary N) is 3. The standard InChI is InChI=1S/C16H29N3O2/c1-10(15(21)19-16(2,3)4)17-14(20)9-11-7-12-5-6-13(8-11)18-12/h10-13,18H,5-9H2,1-4H3,(H,17,20)(H,19,21). The van der Waals surface area contributed by atoms with Crippen molar-refractivity contribution in [1.82, 2.24) is 16.0 Å². The summed E-state index contributed by atoms with van der Waals surface area (Å²) in [5.74, 6) is 0.334. The Balaban J connectivity index is 1.75. The van der Waals surface area contributed by atoms with Gasteiger partial charge in [0.2, 0.25) is 11.8 Å². The first-order valence-electron chi connectivity index (χ1n) is 8.10. The molecule has 3 atom stereocenters. The molecule has 5 nitrogen and oxygen atoms in total. The van der Waals surface area contributed by atoms with E-state index in [1.54, 1.807) is 6.92 Å². The molecule has 2 bridgehead atoms. The molecule has 0 spiro atoms. The van der Waals surface area contributed by atoms with E-state index in [0.717, 1.165) is 12.8 Å². The van der Waals surface area contributed by atoms with Crippen molar-refractivity contribution in [3.8, 4) is 0 Å². The van der Waals surface area contributed by atoms with Gasteiger partial charge in [0.05, 0.1) is 0 Å². The van der Waals surface area contributed by atoms with Crippen LogP contribution >= 0.6 is 0 Å². The molecular formula is C16H29N3O2. The summed E-state index contributed by atoms with van der Waals surface area (Å²) in [6.07, 6.45) is 5.21. The highest BCUT2D eigenvalue weighted by molar-refractivity contribution is 5.87. The van der Waals surface area contributed by atoms with Crippen LogP contribution in [0.4, 0.5) is 0 Å². The molecule has 0 aliphatic carbocycles. The second-order valence-corrected chi connectivity index (χ2v) is 7.71. The highest BCUT2D eigenvalue weighted by atomic mass is 16.2. The molecule has 3 unspecified atom stereocenters. The average Bonchev–Trinajstić information content (AvgIpc) is 2.66. The van der Waals surface area contributed by atoms with Gasteiger partial charge in [0.1, 0.15) is 6.04 Å². The van der Waals surface area contributed by atoms with E-state index in [9.17, 15) is 9.59 Å². The smallest absolute Gasteiger partial charge is 0.242 e. The number of hydrogen-bond acceptors (Lipinski definition) is 3. The number of hydrogen-bond donors (Lipinski definition) is 3. The summed E-state index contributed by atoms with van der Waals surface area (Å²) >= 11 is 0. The zero-order valence-electron chi connectivity index (χ0n) is 13.7. The topological polar surface area (TPSA) is 70.2 Å². The summed E-state index contributed by atoms with van der Waals surface area (Å²) in [6, 6.07) is 0.724. The van der Waals surface area contributed by atoms with Gasteiger partial charge in [-0.3, -0.25) is 9.59 Å². The number of carbonyl (C=O) groups is 2. The molecule has 2 aliphatic heterocycles. The molecule has 2 fully saturated rings. The van der Waals surface area contributed by atoms with E-state index < -0.39 is 6.04 Å². The second-order valence-electron chi connectivity index (χ2n) is 7.71. The van der Waals surface area contributed by atoms with Gasteiger partial charge in [-0.1, -0.05) is 0 Å². The van der Waals surface area contributed by atoms with Crippen LogP contribution in [0.1, 0.15) is 59.8 Å². The minimum atomic E-state index is -0.477. The lowest BCUT2D eigenvalue weighted by molar-refractivity contribution is -0.130. The number of fused-ring (bicyclic) bond motifs is 2. The maximum Gasteiger partial charge on any atom is 0.242 e. The van der Waals surface area contributed by atoms with Crippen molar-refractivity contribution >= 4 is 11.8 Å². The van der Waals surface area contributed by atoms with Crippen molar-refractivity contribution in [2.45, 2.75) is 83.5 Å². The normalized spacial score (nSPS) is 29.8. The van der Waals surface area contributed by atoms with Crippen LogP contribution in [0.5, 0.6) is 0 Å². The summed E-state index contributed by atoms with van der Waals surface area (Å²) in [4.78, 5) is 24.1. The molecule has 2 saturated heterocycles. The van der Waals surface area contributed by atoms with E-state index >= 15 is 0 Å². The first-order valence-corrected chi connectivity index (χ1v) is 8.10. The number of rotatable bonds is 4. The fourth-order valence-electron chi connectivity index (χ4n) is 3.45. The van der Waals surface area contributed by atoms with E-state index in [4.69, 9.17) is 0 Å². The van der Waals surface area contributed by atoms with Gasteiger partial charge in [0.15, 0.2) is 0 Å². The van der Waals surface area contributed by atoms with Gasteiger partial charge >= 0.3 is 0 Å². The Bertz CT molecular complexity index is 391. The van der Waals surface area contributed by atoms with Crippen LogP contribution in [0, 0.1) is 5.92 Å². The Morgan fingerprint density at radius 2 is 1.76 bits per heavy atom. The molecular weight excluding hydrogens is 266 g/mol. The van der Waals surface area contributed by atoms with Crippen molar-refractivity contribution in [1.29, 1.82) is 0 Å². The molecule has 0 aromatic carbocycles. The quantitative estimate of drug-likeness (QED) is 0.733. The van der Waals surface area contributed by atoms with Gasteiger partial charge in [0.25, 0.3) is 0 Å². The monoisotopic (exact) mass is 295 g/mol. The van der Waals surface area contributed by atoms with E-state index in [1.807, 2.05) is 20.8 Å². The molecule has 2 heterocycles. The van der Waals surface area contributed by atoms with Crippen molar-refractivity contribution < 1.29 is 9.59 Å². The lowest BCUT2D eigenvalue weighted by Crippen LogP contribution is -2.51. The number of carbonyl (C=O) groups excluding carboxylic acids is 2. The summed E-state index contributed by atoms with van der Waals surface area (Å²) in [5.41, 5.74) is -0.274. The summed E-state index contributed by atoms with van der Waals surface area (Å²) < 4.78 is 0. The fraction of sp³-hybridized carbons (Fsp3) is 0.875. The van der Waals surface area contributed by atoms with Gasteiger partial charge in [-0.2, -0.15) is 0 Å². The van der Waals surface area contributed by atoms with Gasteiger partial charge in [-0.05, 0) is 59.3 Å². The van der Waals surface area contributed by atoms with Crippen LogP contribution in [0.3, 0.4) is 0 Å². The highest BCUT2D eigenvalue weighted by Crippen LogP contribution is 2.32. The summed E-state index contributed by atoms with van der Waals surface area (Å²) in [5, 5.41) is 9.30. The molecule has 2 aliphatic rings. The minimum absolute atomic E-state index is 0.00198. The first kappa shape index (κ1) is 16.3. The molecule has 3 N–H and O–H groups in total. The van der Waals surface area contributed by atoms with Gasteiger partial charge in [-0.25, -0.2) is 0 Å². The van der Waals surface area contributed by atoms with Crippen LogP contribution in [0.25, 0.3) is 0 Å². The zero-order valence-corrected chi connectivity index (χ0v) is 13.7. The molecule has 120 valence electrons. The molecule has 2 rings (SSSR count). The SMILES string of the molecule is CC(NC(=O)CC1CC2CCC(C1)N2)C(=O)NC(C)(C)C. The van der Waals surface area contributed by atoms with E-state index in [2.05, 4.69) is 16.0 Å². The van der Waals surface area contributed by atoms with Crippen molar-refractivity contribution in [3.05, 3.63) is 0 Å². The van der Waals surface area contributed by atoms with E-state index in [1.165, 1.54) is 12.8 Å². The maximum atomic E-state index is 12.1. The average molecular weight is 295 g/mol. The van der Waals surface area contributed by atoms with Crippen molar-refractivity contribution in [2.24, 2.45) is 5.92 Å². The Morgan fingerprint density at radius 1 is 1.19 bits per heavy atom. The van der Waals surface area contributed by atoms with Crippen LogP contribution in [-0.2, 0) is 9.59 Å².